The number of ether oxygens (including phenoxy) is 1. The van der Waals surface area contributed by atoms with Crippen molar-refractivity contribution in [3.8, 4) is 0 Å². The van der Waals surface area contributed by atoms with Crippen molar-refractivity contribution in [1.82, 2.24) is 5.32 Å². The van der Waals surface area contributed by atoms with Crippen molar-refractivity contribution in [1.29, 1.82) is 0 Å². The molecular formula is C15H21NO4S. The highest BCUT2D eigenvalue weighted by Gasteiger charge is 2.30. The zero-order chi connectivity index (χ0) is 15.3. The molecule has 0 saturated carbocycles. The highest BCUT2D eigenvalue weighted by atomic mass is 32.2. The van der Waals surface area contributed by atoms with E-state index in [2.05, 4.69) is 5.32 Å². The first-order chi connectivity index (χ1) is 10.0. The van der Waals surface area contributed by atoms with E-state index in [1.165, 1.54) is 0 Å². The number of carbonyl (C=O) groups is 1. The molecule has 0 radical (unpaired) electrons. The van der Waals surface area contributed by atoms with Gasteiger partial charge in [-0.15, -0.1) is 0 Å². The Morgan fingerprint density at radius 2 is 2.05 bits per heavy atom. The molecule has 1 aromatic carbocycles. The SMILES string of the molecule is CCS(=O)(=O)CC(=O)NC[C@H]1CCO[C@@H]1c1ccccc1. The number of amides is 1. The third-order valence-electron chi connectivity index (χ3n) is 3.69. The molecule has 21 heavy (non-hydrogen) atoms. The Labute approximate surface area is 125 Å². The maximum Gasteiger partial charge on any atom is 0.235 e. The van der Waals surface area contributed by atoms with E-state index in [0.717, 1.165) is 12.0 Å². The number of carbonyl (C=O) groups excluding carboxylic acids is 1. The Morgan fingerprint density at radius 3 is 2.71 bits per heavy atom. The second-order valence-electron chi connectivity index (χ2n) is 5.23. The minimum Gasteiger partial charge on any atom is -0.373 e. The summed E-state index contributed by atoms with van der Waals surface area (Å²) < 4.78 is 28.5. The fourth-order valence-corrected chi connectivity index (χ4v) is 3.16. The van der Waals surface area contributed by atoms with Crippen LogP contribution in [0.5, 0.6) is 0 Å². The molecule has 1 fully saturated rings. The third-order valence-corrected chi connectivity index (χ3v) is 5.28. The van der Waals surface area contributed by atoms with Crippen LogP contribution in [0.2, 0.25) is 0 Å². The van der Waals surface area contributed by atoms with Crippen LogP contribution < -0.4 is 5.32 Å². The summed E-state index contributed by atoms with van der Waals surface area (Å²) >= 11 is 0. The molecule has 116 valence electrons. The number of nitrogens with one attached hydrogen (secondary N) is 1. The van der Waals surface area contributed by atoms with Crippen LogP contribution in [0, 0.1) is 5.92 Å². The minimum atomic E-state index is -3.27. The Morgan fingerprint density at radius 1 is 1.33 bits per heavy atom. The molecule has 1 amide bonds. The predicted molar refractivity (Wildman–Crippen MR) is 80.6 cm³/mol. The van der Waals surface area contributed by atoms with E-state index in [1.807, 2.05) is 30.3 Å². The average molecular weight is 311 g/mol. The summed E-state index contributed by atoms with van der Waals surface area (Å²) in [6.45, 7) is 2.64. The summed E-state index contributed by atoms with van der Waals surface area (Å²) in [7, 11) is -3.27. The molecule has 0 bridgehead atoms. The van der Waals surface area contributed by atoms with Gasteiger partial charge in [0.05, 0.1) is 6.10 Å². The van der Waals surface area contributed by atoms with Crippen LogP contribution >= 0.6 is 0 Å². The smallest absolute Gasteiger partial charge is 0.235 e. The van der Waals surface area contributed by atoms with Gasteiger partial charge in [0.2, 0.25) is 5.91 Å². The number of sulfone groups is 1. The van der Waals surface area contributed by atoms with Crippen molar-refractivity contribution < 1.29 is 17.9 Å². The lowest BCUT2D eigenvalue weighted by atomic mass is 9.95. The van der Waals surface area contributed by atoms with Crippen molar-refractivity contribution in [3.63, 3.8) is 0 Å². The van der Waals surface area contributed by atoms with Crippen LogP contribution in [0.15, 0.2) is 30.3 Å². The van der Waals surface area contributed by atoms with Crippen molar-refractivity contribution in [2.45, 2.75) is 19.4 Å². The molecule has 0 aliphatic carbocycles. The lowest BCUT2D eigenvalue weighted by Gasteiger charge is -2.19. The molecule has 1 aliphatic heterocycles. The second-order valence-corrected chi connectivity index (χ2v) is 7.58. The van der Waals surface area contributed by atoms with E-state index >= 15 is 0 Å². The summed E-state index contributed by atoms with van der Waals surface area (Å²) in [5.74, 6) is -0.705. The van der Waals surface area contributed by atoms with Gasteiger partial charge in [0.25, 0.3) is 0 Å². The molecule has 1 heterocycles. The maximum atomic E-state index is 11.7. The van der Waals surface area contributed by atoms with Gasteiger partial charge in [-0.25, -0.2) is 8.42 Å². The maximum absolute atomic E-state index is 11.7. The van der Waals surface area contributed by atoms with E-state index in [1.54, 1.807) is 6.92 Å². The van der Waals surface area contributed by atoms with Crippen LogP contribution in [0.4, 0.5) is 0 Å². The summed E-state index contributed by atoms with van der Waals surface area (Å²) in [6, 6.07) is 9.88. The van der Waals surface area contributed by atoms with Crippen molar-refractivity contribution >= 4 is 15.7 Å². The first-order valence-corrected chi connectivity index (χ1v) is 8.97. The zero-order valence-corrected chi connectivity index (χ0v) is 12.9. The monoisotopic (exact) mass is 311 g/mol. The molecule has 0 spiro atoms. The molecule has 1 saturated heterocycles. The molecule has 2 atom stereocenters. The molecule has 1 aliphatic rings. The lowest BCUT2D eigenvalue weighted by Crippen LogP contribution is -2.35. The van der Waals surface area contributed by atoms with Gasteiger partial charge in [0.1, 0.15) is 5.75 Å². The molecule has 0 aromatic heterocycles. The quantitative estimate of drug-likeness (QED) is 0.860. The largest absolute Gasteiger partial charge is 0.373 e. The molecule has 0 unspecified atom stereocenters. The lowest BCUT2D eigenvalue weighted by molar-refractivity contribution is -0.118. The molecule has 1 N–H and O–H groups in total. The summed E-state index contributed by atoms with van der Waals surface area (Å²) in [5.41, 5.74) is 1.09. The van der Waals surface area contributed by atoms with Crippen LogP contribution in [0.1, 0.15) is 25.0 Å². The normalized spacial score (nSPS) is 22.1. The Bertz CT molecular complexity index is 571. The molecular weight excluding hydrogens is 290 g/mol. The number of hydrogen-bond acceptors (Lipinski definition) is 4. The molecule has 6 heteroatoms. The van der Waals surface area contributed by atoms with E-state index in [4.69, 9.17) is 4.74 Å². The van der Waals surface area contributed by atoms with Gasteiger partial charge >= 0.3 is 0 Å². The fourth-order valence-electron chi connectivity index (χ4n) is 2.45. The summed E-state index contributed by atoms with van der Waals surface area (Å²) in [5, 5.41) is 2.72. The van der Waals surface area contributed by atoms with Gasteiger partial charge in [-0.2, -0.15) is 0 Å². The number of rotatable bonds is 6. The predicted octanol–water partition coefficient (Wildman–Crippen LogP) is 1.32. The van der Waals surface area contributed by atoms with Crippen LogP contribution in [-0.2, 0) is 19.4 Å². The zero-order valence-electron chi connectivity index (χ0n) is 12.1. The van der Waals surface area contributed by atoms with Gasteiger partial charge < -0.3 is 10.1 Å². The summed E-state index contributed by atoms with van der Waals surface area (Å²) in [4.78, 5) is 11.7. The van der Waals surface area contributed by atoms with E-state index in [-0.39, 0.29) is 17.8 Å². The number of hydrogen-bond donors (Lipinski definition) is 1. The van der Waals surface area contributed by atoms with Gasteiger partial charge in [0, 0.05) is 24.8 Å². The van der Waals surface area contributed by atoms with Gasteiger partial charge in [-0.05, 0) is 12.0 Å². The second kappa shape index (κ2) is 7.04. The first-order valence-electron chi connectivity index (χ1n) is 7.15. The average Bonchev–Trinajstić information content (AvgIpc) is 2.94. The van der Waals surface area contributed by atoms with E-state index in [0.29, 0.717) is 13.2 Å². The minimum absolute atomic E-state index is 0.0143. The standard InChI is InChI=1S/C15H21NO4S/c1-2-21(18,19)11-14(17)16-10-13-8-9-20-15(13)12-6-4-3-5-7-12/h3-7,13,15H,2,8-11H2,1H3,(H,16,17)/t13-,15-/m1/s1. The van der Waals surface area contributed by atoms with Gasteiger partial charge in [0.15, 0.2) is 9.84 Å². The fraction of sp³-hybridized carbons (Fsp3) is 0.533. The van der Waals surface area contributed by atoms with Crippen LogP contribution in [0.3, 0.4) is 0 Å². The van der Waals surface area contributed by atoms with E-state index in [9.17, 15) is 13.2 Å². The van der Waals surface area contributed by atoms with E-state index < -0.39 is 21.5 Å². The van der Waals surface area contributed by atoms with Crippen molar-refractivity contribution in [2.75, 3.05) is 24.7 Å². The highest BCUT2D eigenvalue weighted by Crippen LogP contribution is 2.33. The molecule has 1 aromatic rings. The molecule has 5 nitrogen and oxygen atoms in total. The number of benzene rings is 1. The topological polar surface area (TPSA) is 72.5 Å². The van der Waals surface area contributed by atoms with Crippen molar-refractivity contribution in [3.05, 3.63) is 35.9 Å². The Hall–Kier alpha value is -1.40. The van der Waals surface area contributed by atoms with Crippen LogP contribution in [0.25, 0.3) is 0 Å². The highest BCUT2D eigenvalue weighted by molar-refractivity contribution is 7.92. The van der Waals surface area contributed by atoms with Gasteiger partial charge in [-0.3, -0.25) is 4.79 Å². The third kappa shape index (κ3) is 4.54. The van der Waals surface area contributed by atoms with Crippen LogP contribution in [-0.4, -0.2) is 39.0 Å². The Balaban J connectivity index is 1.89. The molecule has 2 rings (SSSR count). The van der Waals surface area contributed by atoms with Crippen molar-refractivity contribution in [2.24, 2.45) is 5.92 Å². The Kier molecular flexibility index (Phi) is 5.36. The first kappa shape index (κ1) is 16.0. The summed E-state index contributed by atoms with van der Waals surface area (Å²) in [6.07, 6.45) is 0.828. The van der Waals surface area contributed by atoms with Gasteiger partial charge in [-0.1, -0.05) is 37.3 Å².